The van der Waals surface area contributed by atoms with Gasteiger partial charge in [0.25, 0.3) is 0 Å². The van der Waals surface area contributed by atoms with Gasteiger partial charge in [-0.3, -0.25) is 4.79 Å². The van der Waals surface area contributed by atoms with Gasteiger partial charge in [0.15, 0.2) is 0 Å². The molecule has 0 unspecified atom stereocenters. The topological polar surface area (TPSA) is 69.2 Å². The van der Waals surface area contributed by atoms with Crippen LogP contribution in [0.4, 0.5) is 5.69 Å². The van der Waals surface area contributed by atoms with Crippen molar-refractivity contribution in [1.82, 2.24) is 0 Å². The van der Waals surface area contributed by atoms with E-state index in [1.54, 1.807) is 12.1 Å². The molecule has 0 saturated carbocycles. The van der Waals surface area contributed by atoms with Crippen LogP contribution in [0.2, 0.25) is 0 Å². The summed E-state index contributed by atoms with van der Waals surface area (Å²) >= 11 is 0. The van der Waals surface area contributed by atoms with E-state index in [4.69, 9.17) is 0 Å². The van der Waals surface area contributed by atoms with Gasteiger partial charge in [-0.15, -0.1) is 0 Å². The van der Waals surface area contributed by atoms with Crippen molar-refractivity contribution in [3.63, 3.8) is 0 Å². The van der Waals surface area contributed by atoms with Crippen LogP contribution in [-0.4, -0.2) is 11.9 Å². The maximum Gasteiger partial charge on any atom is 1.00 e. The number of hydrogen-bond donors (Lipinski definition) is 1. The number of carboxylic acids is 1. The standard InChI is InChI=1S/C15H21NO3.K/c1-4-15(2,3)14(19)16-12-8-5-11(6-9-12)7-10-13(17)18;/h5-6,8-9H,4,7,10H2,1-3H3,(H,16,19)(H,17,18);/q;+1/p-1. The second-order valence-electron chi connectivity index (χ2n) is 5.26. The number of anilines is 1. The Morgan fingerprint density at radius 1 is 1.20 bits per heavy atom. The predicted octanol–water partition coefficient (Wildman–Crippen LogP) is -1.25. The Morgan fingerprint density at radius 3 is 2.20 bits per heavy atom. The molecular weight excluding hydrogens is 281 g/mol. The molecule has 1 aromatic rings. The first-order valence-corrected chi connectivity index (χ1v) is 6.45. The van der Waals surface area contributed by atoms with Crippen molar-refractivity contribution in [2.45, 2.75) is 40.0 Å². The summed E-state index contributed by atoms with van der Waals surface area (Å²) < 4.78 is 0. The van der Waals surface area contributed by atoms with Crippen LogP contribution < -0.4 is 61.8 Å². The molecule has 1 N–H and O–H groups in total. The minimum atomic E-state index is -1.05. The average molecular weight is 301 g/mol. The molecule has 0 spiro atoms. The first kappa shape index (κ1) is 19.8. The maximum absolute atomic E-state index is 12.0. The molecule has 0 aliphatic carbocycles. The number of rotatable bonds is 6. The summed E-state index contributed by atoms with van der Waals surface area (Å²) in [6, 6.07) is 7.21. The third kappa shape index (κ3) is 6.50. The monoisotopic (exact) mass is 301 g/mol. The minimum Gasteiger partial charge on any atom is -0.550 e. The summed E-state index contributed by atoms with van der Waals surface area (Å²) in [6.07, 6.45) is 1.22. The molecule has 1 amide bonds. The zero-order valence-electron chi connectivity index (χ0n) is 12.7. The number of carbonyl (C=O) groups excluding carboxylic acids is 2. The Hall–Kier alpha value is -0.204. The zero-order valence-corrected chi connectivity index (χ0v) is 15.8. The number of benzene rings is 1. The van der Waals surface area contributed by atoms with E-state index in [1.807, 2.05) is 32.9 Å². The number of amides is 1. The van der Waals surface area contributed by atoms with Crippen LogP contribution in [-0.2, 0) is 16.0 Å². The van der Waals surface area contributed by atoms with Crippen LogP contribution in [0.25, 0.3) is 0 Å². The number of carboxylic acid groups (broad SMARTS) is 1. The van der Waals surface area contributed by atoms with Crippen LogP contribution in [0.15, 0.2) is 24.3 Å². The molecule has 1 rings (SSSR count). The molecule has 0 radical (unpaired) electrons. The fourth-order valence-electron chi connectivity index (χ4n) is 1.46. The predicted molar refractivity (Wildman–Crippen MR) is 72.5 cm³/mol. The molecule has 20 heavy (non-hydrogen) atoms. The second kappa shape index (κ2) is 8.95. The Bertz CT molecular complexity index is 455. The van der Waals surface area contributed by atoms with Crippen LogP contribution >= 0.6 is 0 Å². The zero-order chi connectivity index (χ0) is 14.5. The van der Waals surface area contributed by atoms with Crippen molar-refractivity contribution in [1.29, 1.82) is 0 Å². The average Bonchev–Trinajstić information content (AvgIpc) is 2.37. The summed E-state index contributed by atoms with van der Waals surface area (Å²) in [4.78, 5) is 22.3. The fraction of sp³-hybridized carbons (Fsp3) is 0.467. The first-order chi connectivity index (χ1) is 8.85. The van der Waals surface area contributed by atoms with Gasteiger partial charge in [0.1, 0.15) is 0 Å². The van der Waals surface area contributed by atoms with E-state index in [0.717, 1.165) is 17.7 Å². The maximum atomic E-state index is 12.0. The molecule has 104 valence electrons. The first-order valence-electron chi connectivity index (χ1n) is 6.45. The van der Waals surface area contributed by atoms with E-state index in [9.17, 15) is 14.7 Å². The second-order valence-corrected chi connectivity index (χ2v) is 5.26. The van der Waals surface area contributed by atoms with Gasteiger partial charge in [0, 0.05) is 17.1 Å². The van der Waals surface area contributed by atoms with E-state index in [-0.39, 0.29) is 63.7 Å². The van der Waals surface area contributed by atoms with E-state index >= 15 is 0 Å². The fourth-order valence-corrected chi connectivity index (χ4v) is 1.46. The van der Waals surface area contributed by atoms with Crippen molar-refractivity contribution >= 4 is 17.6 Å². The van der Waals surface area contributed by atoms with Gasteiger partial charge in [-0.05, 0) is 37.0 Å². The number of aryl methyl sites for hydroxylation is 1. The van der Waals surface area contributed by atoms with Gasteiger partial charge in [-0.25, -0.2) is 0 Å². The van der Waals surface area contributed by atoms with Gasteiger partial charge in [-0.1, -0.05) is 32.9 Å². The van der Waals surface area contributed by atoms with Crippen LogP contribution in [0.1, 0.15) is 39.2 Å². The van der Waals surface area contributed by atoms with E-state index in [0.29, 0.717) is 6.42 Å². The number of nitrogens with one attached hydrogen (secondary N) is 1. The molecule has 0 heterocycles. The van der Waals surface area contributed by atoms with Gasteiger partial charge in [0.05, 0.1) is 0 Å². The van der Waals surface area contributed by atoms with Crippen molar-refractivity contribution in [2.24, 2.45) is 5.41 Å². The SMILES string of the molecule is CCC(C)(C)C(=O)Nc1ccc(CCC(=O)[O-])cc1.[K+]. The Balaban J connectivity index is 0.00000361. The summed E-state index contributed by atoms with van der Waals surface area (Å²) in [6.45, 7) is 5.77. The Labute approximate surface area is 162 Å². The molecule has 0 saturated heterocycles. The molecule has 0 aliphatic rings. The molecular formula is C15H20KNO3. The minimum absolute atomic E-state index is 0. The van der Waals surface area contributed by atoms with E-state index in [2.05, 4.69) is 5.32 Å². The van der Waals surface area contributed by atoms with Crippen molar-refractivity contribution in [2.75, 3.05) is 5.32 Å². The summed E-state index contributed by atoms with van der Waals surface area (Å²) in [5.74, 6) is -1.07. The van der Waals surface area contributed by atoms with Crippen molar-refractivity contribution < 1.29 is 66.1 Å². The van der Waals surface area contributed by atoms with Crippen LogP contribution in [0.3, 0.4) is 0 Å². The summed E-state index contributed by atoms with van der Waals surface area (Å²) in [7, 11) is 0. The van der Waals surface area contributed by atoms with Crippen LogP contribution in [0, 0.1) is 5.41 Å². The smallest absolute Gasteiger partial charge is 0.550 e. The van der Waals surface area contributed by atoms with Gasteiger partial charge >= 0.3 is 51.4 Å². The molecule has 5 heteroatoms. The number of carbonyl (C=O) groups is 2. The molecule has 0 bridgehead atoms. The third-order valence-corrected chi connectivity index (χ3v) is 3.33. The van der Waals surface area contributed by atoms with E-state index < -0.39 is 11.4 Å². The summed E-state index contributed by atoms with van der Waals surface area (Å²) in [5, 5.41) is 13.2. The Morgan fingerprint density at radius 2 is 1.75 bits per heavy atom. The van der Waals surface area contributed by atoms with Crippen molar-refractivity contribution in [3.8, 4) is 0 Å². The quantitative estimate of drug-likeness (QED) is 0.668. The molecule has 0 atom stereocenters. The number of aliphatic carboxylic acids is 1. The van der Waals surface area contributed by atoms with Gasteiger partial charge < -0.3 is 15.2 Å². The summed E-state index contributed by atoms with van der Waals surface area (Å²) in [5.41, 5.74) is 1.24. The number of hydrogen-bond acceptors (Lipinski definition) is 3. The Kier molecular flexibility index (Phi) is 8.85. The molecule has 0 fully saturated rings. The van der Waals surface area contributed by atoms with E-state index in [1.165, 1.54) is 0 Å². The molecule has 0 aliphatic heterocycles. The molecule has 0 aromatic heterocycles. The molecule has 4 nitrogen and oxygen atoms in total. The third-order valence-electron chi connectivity index (χ3n) is 3.33. The normalized spacial score (nSPS) is 10.6. The van der Waals surface area contributed by atoms with Crippen LogP contribution in [0.5, 0.6) is 0 Å². The van der Waals surface area contributed by atoms with Gasteiger partial charge in [0.2, 0.25) is 5.91 Å². The largest absolute Gasteiger partial charge is 1.00 e. The van der Waals surface area contributed by atoms with Gasteiger partial charge in [-0.2, -0.15) is 0 Å². The van der Waals surface area contributed by atoms with Crippen molar-refractivity contribution in [3.05, 3.63) is 29.8 Å². The molecule has 1 aromatic carbocycles.